The van der Waals surface area contributed by atoms with Gasteiger partial charge in [-0.3, -0.25) is 4.90 Å². The van der Waals surface area contributed by atoms with Gasteiger partial charge in [0.2, 0.25) is 0 Å². The Bertz CT molecular complexity index is 1260. The molecule has 0 saturated carbocycles. The number of rotatable bonds is 7. The molecule has 3 saturated heterocycles. The molecule has 1 amide bonds. The van der Waals surface area contributed by atoms with E-state index >= 15 is 0 Å². The average Bonchev–Trinajstić information content (AvgIpc) is 3.56. The predicted octanol–water partition coefficient (Wildman–Crippen LogP) is 5.05. The van der Waals surface area contributed by atoms with Crippen molar-refractivity contribution in [2.45, 2.75) is 76.6 Å². The molecule has 2 aromatic heterocycles. The Labute approximate surface area is 246 Å². The molecule has 4 atom stereocenters. The number of halogens is 2. The van der Waals surface area contributed by atoms with Crippen LogP contribution in [0, 0.1) is 5.92 Å². The third-order valence-electron chi connectivity index (χ3n) is 8.38. The number of anilines is 1. The molecule has 0 aromatic carbocycles. The lowest BCUT2D eigenvalue weighted by atomic mass is 9.92. The number of fused-ring (bicyclic) bond motifs is 2. The summed E-state index contributed by atoms with van der Waals surface area (Å²) in [7, 11) is 3.59. The highest BCUT2D eigenvalue weighted by molar-refractivity contribution is 6.44. The first-order valence-electron chi connectivity index (χ1n) is 14.0. The second-order valence-electron chi connectivity index (χ2n) is 12.5. The fraction of sp³-hybridized carbons (Fsp3) is 0.714. The molecule has 5 heterocycles. The summed E-state index contributed by atoms with van der Waals surface area (Å²) in [5, 5.41) is 1.09. The van der Waals surface area contributed by atoms with Crippen LogP contribution in [0.2, 0.25) is 10.2 Å². The largest absolute Gasteiger partial charge is 0.461 e. The van der Waals surface area contributed by atoms with Crippen LogP contribution in [0.15, 0.2) is 6.20 Å². The van der Waals surface area contributed by atoms with Crippen molar-refractivity contribution in [1.82, 2.24) is 24.8 Å². The first-order valence-corrected chi connectivity index (χ1v) is 14.8. The van der Waals surface area contributed by atoms with Crippen molar-refractivity contribution in [2.75, 3.05) is 51.9 Å². The van der Waals surface area contributed by atoms with Crippen molar-refractivity contribution in [3.05, 3.63) is 16.4 Å². The number of pyridine rings is 1. The van der Waals surface area contributed by atoms with Crippen molar-refractivity contribution >= 4 is 46.0 Å². The third kappa shape index (κ3) is 5.65. The van der Waals surface area contributed by atoms with E-state index < -0.39 is 5.60 Å². The molecule has 5 rings (SSSR count). The van der Waals surface area contributed by atoms with Crippen LogP contribution < -0.4 is 9.64 Å². The van der Waals surface area contributed by atoms with Crippen LogP contribution in [0.4, 0.5) is 10.6 Å². The number of likely N-dealkylation sites (tertiary alicyclic amines) is 1. The topological polar surface area (TPSA) is 93.2 Å². The van der Waals surface area contributed by atoms with Gasteiger partial charge in [-0.05, 0) is 58.9 Å². The molecule has 3 aliphatic heterocycles. The molecule has 0 bridgehead atoms. The number of likely N-dealkylation sites (N-methyl/N-ethyl adjacent to an activating group) is 1. The monoisotopic (exact) mass is 594 g/mol. The van der Waals surface area contributed by atoms with Crippen LogP contribution in [-0.2, 0) is 9.47 Å². The quantitative estimate of drug-likeness (QED) is 0.408. The Morgan fingerprint density at radius 1 is 1.25 bits per heavy atom. The first kappa shape index (κ1) is 29.4. The van der Waals surface area contributed by atoms with Gasteiger partial charge in [0.25, 0.3) is 0 Å². The molecule has 0 spiro atoms. The first-order chi connectivity index (χ1) is 18.9. The van der Waals surface area contributed by atoms with Gasteiger partial charge in [-0.1, -0.05) is 30.1 Å². The molecular formula is C28H40Cl2N6O4. The number of ether oxygens (including phenoxy) is 3. The van der Waals surface area contributed by atoms with E-state index in [4.69, 9.17) is 47.4 Å². The maximum Gasteiger partial charge on any atom is 0.410 e. The van der Waals surface area contributed by atoms with Gasteiger partial charge in [0.05, 0.1) is 29.6 Å². The van der Waals surface area contributed by atoms with Gasteiger partial charge in [-0.25, -0.2) is 9.78 Å². The summed E-state index contributed by atoms with van der Waals surface area (Å²) >= 11 is 12.9. The van der Waals surface area contributed by atoms with E-state index in [2.05, 4.69) is 21.7 Å². The minimum atomic E-state index is -0.596. The number of aromatic nitrogens is 3. The number of carbonyl (C=O) groups is 1. The summed E-state index contributed by atoms with van der Waals surface area (Å²) in [5.41, 5.74) is -0.0905. The summed E-state index contributed by atoms with van der Waals surface area (Å²) in [6, 6.07) is -0.0991. The lowest BCUT2D eigenvalue weighted by molar-refractivity contribution is 0.0136. The zero-order valence-electron chi connectivity index (χ0n) is 24.2. The van der Waals surface area contributed by atoms with Gasteiger partial charge >= 0.3 is 12.1 Å². The van der Waals surface area contributed by atoms with Crippen LogP contribution in [-0.4, -0.2) is 101 Å². The Morgan fingerprint density at radius 3 is 2.75 bits per heavy atom. The van der Waals surface area contributed by atoms with Gasteiger partial charge < -0.3 is 24.0 Å². The molecule has 0 radical (unpaired) electrons. The molecule has 0 aliphatic carbocycles. The lowest BCUT2D eigenvalue weighted by Crippen LogP contribution is -2.49. The number of hydrogen-bond donors (Lipinski definition) is 0. The number of nitrogens with zero attached hydrogens (tertiary/aromatic N) is 6. The summed E-state index contributed by atoms with van der Waals surface area (Å²) in [6.45, 7) is 11.5. The second kappa shape index (κ2) is 11.3. The summed E-state index contributed by atoms with van der Waals surface area (Å²) in [6.07, 6.45) is 5.37. The molecule has 3 fully saturated rings. The highest BCUT2D eigenvalue weighted by atomic mass is 35.5. The van der Waals surface area contributed by atoms with Gasteiger partial charge in [0.15, 0.2) is 0 Å². The van der Waals surface area contributed by atoms with E-state index in [-0.39, 0.29) is 39.9 Å². The van der Waals surface area contributed by atoms with Crippen LogP contribution in [0.1, 0.15) is 53.4 Å². The highest BCUT2D eigenvalue weighted by Gasteiger charge is 2.48. The van der Waals surface area contributed by atoms with E-state index in [9.17, 15) is 4.79 Å². The summed E-state index contributed by atoms with van der Waals surface area (Å²) in [4.78, 5) is 33.3. The molecule has 40 heavy (non-hydrogen) atoms. The third-order valence-corrected chi connectivity index (χ3v) is 9.12. The smallest absolute Gasteiger partial charge is 0.410 e. The van der Waals surface area contributed by atoms with E-state index in [1.165, 1.54) is 6.42 Å². The molecule has 0 N–H and O–H groups in total. The SMILES string of the molecule is COCC1C(N(C)c2nc(OC[C@@]34CCCN3C[C@H](C)C4)nc3c(Cl)c(Cl)ncc23)CCN1C(=O)OC(C)(C)C. The number of hydrogen-bond acceptors (Lipinski definition) is 9. The van der Waals surface area contributed by atoms with Crippen LogP contribution in [0.25, 0.3) is 10.9 Å². The number of carbonyl (C=O) groups excluding carboxylic acids is 1. The van der Waals surface area contributed by atoms with Gasteiger partial charge in [0, 0.05) is 33.4 Å². The van der Waals surface area contributed by atoms with Crippen molar-refractivity contribution in [2.24, 2.45) is 5.92 Å². The molecular weight excluding hydrogens is 555 g/mol. The normalized spacial score (nSPS) is 26.9. The molecule has 2 unspecified atom stereocenters. The van der Waals surface area contributed by atoms with E-state index in [1.807, 2.05) is 27.8 Å². The minimum Gasteiger partial charge on any atom is -0.461 e. The van der Waals surface area contributed by atoms with Crippen molar-refractivity contribution in [3.8, 4) is 6.01 Å². The van der Waals surface area contributed by atoms with Crippen LogP contribution in [0.3, 0.4) is 0 Å². The Hall–Kier alpha value is -2.14. The maximum absolute atomic E-state index is 13.1. The van der Waals surface area contributed by atoms with Gasteiger partial charge in [-0.15, -0.1) is 0 Å². The Morgan fingerprint density at radius 2 is 2.02 bits per heavy atom. The highest BCUT2D eigenvalue weighted by Crippen LogP contribution is 2.42. The fourth-order valence-electron chi connectivity index (χ4n) is 6.72. The fourth-order valence-corrected chi connectivity index (χ4v) is 7.05. The molecule has 10 nitrogen and oxygen atoms in total. The van der Waals surface area contributed by atoms with E-state index in [1.54, 1.807) is 18.2 Å². The van der Waals surface area contributed by atoms with Gasteiger partial charge in [-0.2, -0.15) is 9.97 Å². The van der Waals surface area contributed by atoms with Crippen LogP contribution in [0.5, 0.6) is 6.01 Å². The standard InChI is InChI=1S/C28H40Cl2N6O4/c1-17-12-28(9-7-10-35(28)14-17)16-39-25-32-22-18(13-31-23(30)21(22)29)24(33-25)34(5)19-8-11-36(20(19)15-38-6)26(37)40-27(2,3)4/h13,17,19-20H,7-12,14-16H2,1-6H3/t17-,19?,20?,28+/m1/s1. The average molecular weight is 596 g/mol. The van der Waals surface area contributed by atoms with Crippen molar-refractivity contribution < 1.29 is 19.0 Å². The zero-order chi connectivity index (χ0) is 28.8. The van der Waals surface area contributed by atoms with Crippen LogP contribution >= 0.6 is 23.2 Å². The predicted molar refractivity (Wildman–Crippen MR) is 156 cm³/mol. The molecule has 2 aromatic rings. The number of amides is 1. The molecule has 3 aliphatic rings. The van der Waals surface area contributed by atoms with Crippen molar-refractivity contribution in [1.29, 1.82) is 0 Å². The van der Waals surface area contributed by atoms with Crippen molar-refractivity contribution in [3.63, 3.8) is 0 Å². The number of methoxy groups -OCH3 is 1. The molecule has 220 valence electrons. The maximum atomic E-state index is 13.1. The summed E-state index contributed by atoms with van der Waals surface area (Å²) in [5.74, 6) is 1.25. The second-order valence-corrected chi connectivity index (χ2v) is 13.2. The lowest BCUT2D eigenvalue weighted by Gasteiger charge is -2.35. The Balaban J connectivity index is 1.47. The van der Waals surface area contributed by atoms with E-state index in [0.29, 0.717) is 48.8 Å². The molecule has 12 heteroatoms. The van der Waals surface area contributed by atoms with Gasteiger partial charge in [0.1, 0.15) is 33.7 Å². The summed E-state index contributed by atoms with van der Waals surface area (Å²) < 4.78 is 17.6. The minimum absolute atomic E-state index is 0.0203. The zero-order valence-corrected chi connectivity index (χ0v) is 25.8. The Kier molecular flexibility index (Phi) is 8.27. The van der Waals surface area contributed by atoms with E-state index in [0.717, 1.165) is 25.9 Å².